The SMILES string of the molecule is CCOC(=O)Cc1ccc(OC/C=C(/C)c2ccc3c(c2)Cc2ccccc2-3)cc1. The van der Waals surface area contributed by atoms with Gasteiger partial charge in [-0.25, -0.2) is 0 Å². The Morgan fingerprint density at radius 3 is 2.53 bits per heavy atom. The maximum absolute atomic E-state index is 11.6. The summed E-state index contributed by atoms with van der Waals surface area (Å²) in [4.78, 5) is 11.6. The second kappa shape index (κ2) is 9.00. The molecular weight excluding hydrogens is 372 g/mol. The van der Waals surface area contributed by atoms with Crippen molar-refractivity contribution in [3.8, 4) is 16.9 Å². The minimum absolute atomic E-state index is 0.206. The van der Waals surface area contributed by atoms with Crippen molar-refractivity contribution in [2.75, 3.05) is 13.2 Å². The number of hydrogen-bond donors (Lipinski definition) is 0. The Kier molecular flexibility index (Phi) is 5.99. The molecule has 3 heteroatoms. The fourth-order valence-electron chi connectivity index (χ4n) is 3.85. The van der Waals surface area contributed by atoms with E-state index in [9.17, 15) is 4.79 Å². The number of hydrogen-bond acceptors (Lipinski definition) is 3. The van der Waals surface area contributed by atoms with Crippen LogP contribution in [0.1, 0.15) is 36.1 Å². The standard InChI is InChI=1S/C27H26O3/c1-3-29-27(28)16-20-8-11-24(12-9-20)30-15-14-19(2)21-10-13-26-23(17-21)18-22-6-4-5-7-25(22)26/h4-14,17H,3,15-16,18H2,1-2H3/b19-14-. The average molecular weight is 399 g/mol. The first kappa shape index (κ1) is 20.0. The van der Waals surface area contributed by atoms with Gasteiger partial charge in [0.05, 0.1) is 13.0 Å². The van der Waals surface area contributed by atoms with Gasteiger partial charge in [-0.3, -0.25) is 4.79 Å². The van der Waals surface area contributed by atoms with Crippen LogP contribution in [0, 0.1) is 0 Å². The van der Waals surface area contributed by atoms with Crippen LogP contribution in [-0.2, 0) is 22.4 Å². The third-order valence-corrected chi connectivity index (χ3v) is 5.47. The summed E-state index contributed by atoms with van der Waals surface area (Å²) in [5.74, 6) is 0.582. The minimum Gasteiger partial charge on any atom is -0.490 e. The Labute approximate surface area is 178 Å². The molecule has 0 saturated carbocycles. The molecule has 0 spiro atoms. The van der Waals surface area contributed by atoms with Gasteiger partial charge in [-0.15, -0.1) is 0 Å². The molecule has 0 amide bonds. The first-order valence-electron chi connectivity index (χ1n) is 10.4. The Balaban J connectivity index is 1.36. The molecule has 0 aromatic heterocycles. The van der Waals surface area contributed by atoms with E-state index in [4.69, 9.17) is 9.47 Å². The van der Waals surface area contributed by atoms with E-state index in [-0.39, 0.29) is 12.4 Å². The summed E-state index contributed by atoms with van der Waals surface area (Å²) in [5, 5.41) is 0. The monoisotopic (exact) mass is 398 g/mol. The van der Waals surface area contributed by atoms with Crippen LogP contribution < -0.4 is 4.74 Å². The minimum atomic E-state index is -0.206. The number of esters is 1. The summed E-state index contributed by atoms with van der Waals surface area (Å²) in [7, 11) is 0. The first-order valence-corrected chi connectivity index (χ1v) is 10.4. The number of allylic oxidation sites excluding steroid dienone is 1. The van der Waals surface area contributed by atoms with Crippen molar-refractivity contribution < 1.29 is 14.3 Å². The van der Waals surface area contributed by atoms with E-state index in [0.717, 1.165) is 17.7 Å². The number of carbonyl (C=O) groups excluding carboxylic acids is 1. The van der Waals surface area contributed by atoms with Gasteiger partial charge in [-0.1, -0.05) is 54.6 Å². The Hall–Kier alpha value is -3.33. The van der Waals surface area contributed by atoms with Gasteiger partial charge in [0.1, 0.15) is 12.4 Å². The molecule has 0 bridgehead atoms. The van der Waals surface area contributed by atoms with Crippen LogP contribution in [0.2, 0.25) is 0 Å². The molecule has 1 aliphatic rings. The molecule has 30 heavy (non-hydrogen) atoms. The molecule has 0 saturated heterocycles. The maximum atomic E-state index is 11.6. The summed E-state index contributed by atoms with van der Waals surface area (Å²) in [6.07, 6.45) is 3.40. The van der Waals surface area contributed by atoms with E-state index in [1.165, 1.54) is 33.4 Å². The van der Waals surface area contributed by atoms with Crippen molar-refractivity contribution in [2.24, 2.45) is 0 Å². The zero-order valence-electron chi connectivity index (χ0n) is 17.5. The molecule has 0 unspecified atom stereocenters. The van der Waals surface area contributed by atoms with Crippen molar-refractivity contribution in [3.05, 3.63) is 95.1 Å². The molecule has 3 aromatic rings. The summed E-state index contributed by atoms with van der Waals surface area (Å²) in [6.45, 7) is 4.84. The van der Waals surface area contributed by atoms with E-state index < -0.39 is 0 Å². The second-order valence-electron chi connectivity index (χ2n) is 7.53. The van der Waals surface area contributed by atoms with Gasteiger partial charge in [-0.05, 0) is 77.4 Å². The van der Waals surface area contributed by atoms with Crippen LogP contribution in [0.25, 0.3) is 16.7 Å². The Bertz CT molecular complexity index is 1080. The first-order chi connectivity index (χ1) is 14.6. The lowest BCUT2D eigenvalue weighted by Crippen LogP contribution is -2.07. The molecule has 3 nitrogen and oxygen atoms in total. The van der Waals surface area contributed by atoms with E-state index in [1.54, 1.807) is 0 Å². The fraction of sp³-hybridized carbons (Fsp3) is 0.222. The number of rotatable bonds is 7. The zero-order valence-corrected chi connectivity index (χ0v) is 17.5. The summed E-state index contributed by atoms with van der Waals surface area (Å²) in [5.41, 5.74) is 8.85. The van der Waals surface area contributed by atoms with E-state index in [0.29, 0.717) is 13.2 Å². The van der Waals surface area contributed by atoms with Crippen molar-refractivity contribution in [1.29, 1.82) is 0 Å². The summed E-state index contributed by atoms with van der Waals surface area (Å²) >= 11 is 0. The smallest absolute Gasteiger partial charge is 0.310 e. The van der Waals surface area contributed by atoms with Crippen LogP contribution in [0.15, 0.2) is 72.8 Å². The zero-order chi connectivity index (χ0) is 20.9. The average Bonchev–Trinajstić information content (AvgIpc) is 3.13. The molecule has 0 radical (unpaired) electrons. The molecule has 152 valence electrons. The molecule has 0 N–H and O–H groups in total. The molecule has 4 rings (SSSR count). The third kappa shape index (κ3) is 4.46. The van der Waals surface area contributed by atoms with E-state index in [2.05, 4.69) is 55.5 Å². The van der Waals surface area contributed by atoms with Crippen LogP contribution >= 0.6 is 0 Å². The summed E-state index contributed by atoms with van der Waals surface area (Å²) < 4.78 is 10.8. The highest BCUT2D eigenvalue weighted by atomic mass is 16.5. The quantitative estimate of drug-likeness (QED) is 0.367. The molecule has 0 heterocycles. The van der Waals surface area contributed by atoms with Crippen molar-refractivity contribution in [3.63, 3.8) is 0 Å². The highest BCUT2D eigenvalue weighted by Gasteiger charge is 2.17. The van der Waals surface area contributed by atoms with Crippen molar-refractivity contribution in [2.45, 2.75) is 26.7 Å². The second-order valence-corrected chi connectivity index (χ2v) is 7.53. The third-order valence-electron chi connectivity index (χ3n) is 5.47. The van der Waals surface area contributed by atoms with Crippen molar-refractivity contribution >= 4 is 11.5 Å². The molecule has 3 aromatic carbocycles. The predicted octanol–water partition coefficient (Wildman–Crippen LogP) is 5.85. The normalized spacial score (nSPS) is 12.3. The predicted molar refractivity (Wildman–Crippen MR) is 121 cm³/mol. The van der Waals surface area contributed by atoms with Crippen LogP contribution in [-0.4, -0.2) is 19.2 Å². The fourth-order valence-corrected chi connectivity index (χ4v) is 3.85. The Morgan fingerprint density at radius 2 is 1.73 bits per heavy atom. The molecular formula is C27H26O3. The van der Waals surface area contributed by atoms with Gasteiger partial charge >= 0.3 is 5.97 Å². The van der Waals surface area contributed by atoms with Gasteiger partial charge in [0.2, 0.25) is 0 Å². The van der Waals surface area contributed by atoms with Crippen LogP contribution in [0.3, 0.4) is 0 Å². The highest BCUT2D eigenvalue weighted by Crippen LogP contribution is 2.37. The van der Waals surface area contributed by atoms with Crippen LogP contribution in [0.4, 0.5) is 0 Å². The maximum Gasteiger partial charge on any atom is 0.310 e. The number of benzene rings is 3. The largest absolute Gasteiger partial charge is 0.490 e. The molecule has 0 fully saturated rings. The van der Waals surface area contributed by atoms with Gasteiger partial charge in [0.15, 0.2) is 0 Å². The molecule has 0 aliphatic heterocycles. The highest BCUT2D eigenvalue weighted by molar-refractivity contribution is 5.79. The van der Waals surface area contributed by atoms with Gasteiger partial charge in [0, 0.05) is 0 Å². The Morgan fingerprint density at radius 1 is 0.967 bits per heavy atom. The van der Waals surface area contributed by atoms with Crippen LogP contribution in [0.5, 0.6) is 5.75 Å². The topological polar surface area (TPSA) is 35.5 Å². The number of fused-ring (bicyclic) bond motifs is 3. The van der Waals surface area contributed by atoms with Gasteiger partial charge < -0.3 is 9.47 Å². The number of carbonyl (C=O) groups is 1. The number of ether oxygens (including phenoxy) is 2. The summed E-state index contributed by atoms with van der Waals surface area (Å²) in [6, 6.07) is 22.9. The van der Waals surface area contributed by atoms with Gasteiger partial charge in [-0.2, -0.15) is 0 Å². The van der Waals surface area contributed by atoms with E-state index in [1.807, 2.05) is 31.2 Å². The lowest BCUT2D eigenvalue weighted by atomic mass is 10.00. The molecule has 0 atom stereocenters. The molecule has 1 aliphatic carbocycles. The van der Waals surface area contributed by atoms with E-state index >= 15 is 0 Å². The van der Waals surface area contributed by atoms with Crippen molar-refractivity contribution in [1.82, 2.24) is 0 Å². The lowest BCUT2D eigenvalue weighted by Gasteiger charge is -2.08. The van der Waals surface area contributed by atoms with Gasteiger partial charge in [0.25, 0.3) is 0 Å². The lowest BCUT2D eigenvalue weighted by molar-refractivity contribution is -0.142.